The lowest BCUT2D eigenvalue weighted by Crippen LogP contribution is -2.42. The number of hydrogen-bond donors (Lipinski definition) is 1. The zero-order valence-electron chi connectivity index (χ0n) is 16.4. The topological polar surface area (TPSA) is 56.1 Å². The van der Waals surface area contributed by atoms with Gasteiger partial charge in [0, 0.05) is 24.0 Å². The fourth-order valence-corrected chi connectivity index (χ4v) is 3.31. The van der Waals surface area contributed by atoms with Crippen LogP contribution in [0.3, 0.4) is 0 Å². The van der Waals surface area contributed by atoms with Gasteiger partial charge < -0.3 is 10.2 Å². The van der Waals surface area contributed by atoms with Crippen LogP contribution in [-0.4, -0.2) is 18.5 Å². The quantitative estimate of drug-likeness (QED) is 0.606. The first-order valence-electron chi connectivity index (χ1n) is 8.98. The van der Waals surface area contributed by atoms with Gasteiger partial charge in [-0.25, -0.2) is 4.39 Å². The van der Waals surface area contributed by atoms with Crippen LogP contribution in [0.15, 0.2) is 54.1 Å². The van der Waals surface area contributed by atoms with E-state index in [0.29, 0.717) is 5.69 Å². The fraction of sp³-hybridized carbons (Fsp3) is 0.217. The molecule has 2 aromatic carbocycles. The molecule has 142 valence electrons. The van der Waals surface area contributed by atoms with Crippen molar-refractivity contribution in [3.05, 3.63) is 71.1 Å². The molecule has 1 aliphatic heterocycles. The van der Waals surface area contributed by atoms with Gasteiger partial charge in [0.1, 0.15) is 17.5 Å². The molecule has 1 amide bonds. The number of nitrogens with zero attached hydrogens (tertiary/aromatic N) is 2. The number of likely N-dealkylation sites (N-methyl/N-ethyl adjacent to an activating group) is 1. The second-order valence-corrected chi connectivity index (χ2v) is 7.45. The first-order valence-corrected chi connectivity index (χ1v) is 8.98. The smallest absolute Gasteiger partial charge is 0.266 e. The van der Waals surface area contributed by atoms with E-state index in [1.165, 1.54) is 24.3 Å². The second kappa shape index (κ2) is 7.32. The van der Waals surface area contributed by atoms with Gasteiger partial charge in [-0.15, -0.1) is 0 Å². The van der Waals surface area contributed by atoms with Gasteiger partial charge in [0.05, 0.1) is 5.54 Å². The molecule has 0 radical (unpaired) electrons. The van der Waals surface area contributed by atoms with Crippen molar-refractivity contribution in [1.82, 2.24) is 0 Å². The number of allylic oxidation sites excluding steroid dienone is 1. The highest BCUT2D eigenvalue weighted by molar-refractivity contribution is 6.09. The van der Waals surface area contributed by atoms with E-state index in [1.54, 1.807) is 6.08 Å². The normalized spacial score (nSPS) is 15.4. The summed E-state index contributed by atoms with van der Waals surface area (Å²) >= 11 is 0. The first-order chi connectivity index (χ1) is 13.2. The van der Waals surface area contributed by atoms with Crippen LogP contribution in [0.5, 0.6) is 0 Å². The Balaban J connectivity index is 1.89. The Morgan fingerprint density at radius 3 is 2.54 bits per heavy atom. The summed E-state index contributed by atoms with van der Waals surface area (Å²) in [6.07, 6.45) is 3.77. The molecule has 0 saturated carbocycles. The molecule has 0 aliphatic carbocycles. The first kappa shape index (κ1) is 19.4. The van der Waals surface area contributed by atoms with Crippen LogP contribution in [0.4, 0.5) is 15.8 Å². The summed E-state index contributed by atoms with van der Waals surface area (Å²) in [5.74, 6) is -0.919. The molecule has 3 rings (SSSR count). The van der Waals surface area contributed by atoms with E-state index in [4.69, 9.17) is 0 Å². The van der Waals surface area contributed by atoms with Crippen LogP contribution < -0.4 is 10.2 Å². The lowest BCUT2D eigenvalue weighted by Gasteiger charge is -2.40. The zero-order valence-corrected chi connectivity index (χ0v) is 16.4. The van der Waals surface area contributed by atoms with Crippen LogP contribution in [0.2, 0.25) is 0 Å². The summed E-state index contributed by atoms with van der Waals surface area (Å²) in [4.78, 5) is 14.6. The molecule has 28 heavy (non-hydrogen) atoms. The minimum Gasteiger partial charge on any atom is -0.366 e. The van der Waals surface area contributed by atoms with Crippen LogP contribution in [0.25, 0.3) is 11.6 Å². The molecule has 1 N–H and O–H groups in total. The van der Waals surface area contributed by atoms with Crippen LogP contribution in [0.1, 0.15) is 31.9 Å². The summed E-state index contributed by atoms with van der Waals surface area (Å²) in [6.45, 7) is 6.37. The number of nitrogens with one attached hydrogen (secondary N) is 1. The van der Waals surface area contributed by atoms with Crippen molar-refractivity contribution >= 4 is 28.9 Å². The SMILES string of the molecule is CC1=CC(C)(C)N(C)c2ccc(/C=C(\C#N)C(=O)Nc3ccc(F)cc3)cc21. The molecule has 0 spiro atoms. The fourth-order valence-electron chi connectivity index (χ4n) is 3.31. The number of halogens is 1. The molecular formula is C23H22FN3O. The Bertz CT molecular complexity index is 1030. The van der Waals surface area contributed by atoms with Crippen LogP contribution in [0, 0.1) is 17.1 Å². The van der Waals surface area contributed by atoms with E-state index < -0.39 is 5.91 Å². The van der Waals surface area contributed by atoms with Gasteiger partial charge in [-0.2, -0.15) is 5.26 Å². The Morgan fingerprint density at radius 1 is 1.21 bits per heavy atom. The van der Waals surface area contributed by atoms with E-state index in [-0.39, 0.29) is 16.9 Å². The number of anilines is 2. The number of carbonyl (C=O) groups is 1. The molecule has 0 bridgehead atoms. The van der Waals surface area contributed by atoms with Crippen LogP contribution in [-0.2, 0) is 4.79 Å². The molecule has 5 heteroatoms. The number of amides is 1. The highest BCUT2D eigenvalue weighted by Gasteiger charge is 2.28. The highest BCUT2D eigenvalue weighted by atomic mass is 19.1. The maximum atomic E-state index is 13.0. The molecule has 0 aromatic heterocycles. The van der Waals surface area contributed by atoms with Gasteiger partial charge in [-0.05, 0) is 74.4 Å². The molecule has 0 fully saturated rings. The third kappa shape index (κ3) is 3.81. The molecule has 0 unspecified atom stereocenters. The molecule has 0 saturated heterocycles. The van der Waals surface area contributed by atoms with Crippen LogP contribution >= 0.6 is 0 Å². The largest absolute Gasteiger partial charge is 0.366 e. The predicted molar refractivity (Wildman–Crippen MR) is 111 cm³/mol. The third-order valence-corrected chi connectivity index (χ3v) is 5.02. The average Bonchev–Trinajstić information content (AvgIpc) is 2.65. The zero-order chi connectivity index (χ0) is 20.5. The van der Waals surface area contributed by atoms with E-state index in [2.05, 4.69) is 37.1 Å². The van der Waals surface area contributed by atoms with Crippen molar-refractivity contribution in [3.63, 3.8) is 0 Å². The third-order valence-electron chi connectivity index (χ3n) is 5.02. The lowest BCUT2D eigenvalue weighted by atomic mass is 9.88. The van der Waals surface area contributed by atoms with E-state index in [9.17, 15) is 14.4 Å². The van der Waals surface area contributed by atoms with E-state index in [1.807, 2.05) is 31.3 Å². The number of benzene rings is 2. The number of hydrogen-bond acceptors (Lipinski definition) is 3. The summed E-state index contributed by atoms with van der Waals surface area (Å²) in [5, 5.41) is 12.0. The van der Waals surface area contributed by atoms with Gasteiger partial charge in [-0.1, -0.05) is 12.1 Å². The van der Waals surface area contributed by atoms with Crippen molar-refractivity contribution in [2.75, 3.05) is 17.3 Å². The summed E-state index contributed by atoms with van der Waals surface area (Å²) in [7, 11) is 2.05. The van der Waals surface area contributed by atoms with E-state index in [0.717, 1.165) is 22.4 Å². The minimum atomic E-state index is -0.530. The second-order valence-electron chi connectivity index (χ2n) is 7.45. The van der Waals surface area contributed by atoms with E-state index >= 15 is 0 Å². The molecular weight excluding hydrogens is 353 g/mol. The number of carbonyl (C=O) groups excluding carboxylic acids is 1. The summed E-state index contributed by atoms with van der Waals surface area (Å²) in [6, 6.07) is 13.2. The highest BCUT2D eigenvalue weighted by Crippen LogP contribution is 2.38. The van der Waals surface area contributed by atoms with Crippen molar-refractivity contribution in [2.45, 2.75) is 26.3 Å². The maximum absolute atomic E-state index is 13.0. The standard InChI is InChI=1S/C23H22FN3O/c1-15-13-23(2,3)27(4)21-10-5-16(12-20(15)21)11-17(14-25)22(28)26-19-8-6-18(24)7-9-19/h5-13H,1-4H3,(H,26,28)/b17-11+. The lowest BCUT2D eigenvalue weighted by molar-refractivity contribution is -0.112. The Labute approximate surface area is 164 Å². The summed E-state index contributed by atoms with van der Waals surface area (Å²) < 4.78 is 13.0. The van der Waals surface area contributed by atoms with Gasteiger partial charge in [0.25, 0.3) is 5.91 Å². The molecule has 4 nitrogen and oxygen atoms in total. The molecule has 1 aliphatic rings. The van der Waals surface area contributed by atoms with Crippen molar-refractivity contribution < 1.29 is 9.18 Å². The monoisotopic (exact) mass is 375 g/mol. The Hall–Kier alpha value is -3.39. The van der Waals surface area contributed by atoms with Gasteiger partial charge in [0.2, 0.25) is 0 Å². The number of rotatable bonds is 3. The molecule has 1 heterocycles. The molecule has 0 atom stereocenters. The van der Waals surface area contributed by atoms with Crippen molar-refractivity contribution in [1.29, 1.82) is 5.26 Å². The van der Waals surface area contributed by atoms with Gasteiger partial charge >= 0.3 is 0 Å². The number of nitriles is 1. The predicted octanol–water partition coefficient (Wildman–Crippen LogP) is 5.00. The van der Waals surface area contributed by atoms with Gasteiger partial charge in [-0.3, -0.25) is 4.79 Å². The van der Waals surface area contributed by atoms with Gasteiger partial charge in [0.15, 0.2) is 0 Å². The van der Waals surface area contributed by atoms with Crippen molar-refractivity contribution in [2.24, 2.45) is 0 Å². The maximum Gasteiger partial charge on any atom is 0.266 e. The minimum absolute atomic E-state index is 0.0181. The Morgan fingerprint density at radius 2 is 1.89 bits per heavy atom. The Kier molecular flexibility index (Phi) is 5.06. The number of fused-ring (bicyclic) bond motifs is 1. The average molecular weight is 375 g/mol. The van der Waals surface area contributed by atoms with Crippen molar-refractivity contribution in [3.8, 4) is 6.07 Å². The summed E-state index contributed by atoms with van der Waals surface area (Å²) in [5.41, 5.74) is 4.44. The molecule has 2 aromatic rings.